The molecule has 0 saturated carbocycles. The van der Waals surface area contributed by atoms with E-state index in [1.165, 1.54) is 12.1 Å². The minimum atomic E-state index is -4.40. The molecule has 0 radical (unpaired) electrons. The van der Waals surface area contributed by atoms with Crippen molar-refractivity contribution in [2.24, 2.45) is 0 Å². The number of hydrogen-bond acceptors (Lipinski definition) is 6. The van der Waals surface area contributed by atoms with Gasteiger partial charge in [-0.2, -0.15) is 13.2 Å². The van der Waals surface area contributed by atoms with Crippen LogP contribution in [0.1, 0.15) is 29.5 Å². The highest BCUT2D eigenvalue weighted by Gasteiger charge is 2.30. The van der Waals surface area contributed by atoms with E-state index in [1.807, 2.05) is 24.0 Å². The van der Waals surface area contributed by atoms with Gasteiger partial charge in [-0.05, 0) is 61.4 Å². The van der Waals surface area contributed by atoms with Crippen LogP contribution in [0.4, 0.5) is 13.2 Å². The lowest BCUT2D eigenvalue weighted by molar-refractivity contribution is -0.137. The zero-order valence-electron chi connectivity index (χ0n) is 19.4. The summed E-state index contributed by atoms with van der Waals surface area (Å²) in [6.07, 6.45) is -2.19. The van der Waals surface area contributed by atoms with E-state index >= 15 is 0 Å². The number of aromatic nitrogens is 3. The maximum atomic E-state index is 12.8. The van der Waals surface area contributed by atoms with Crippen molar-refractivity contribution in [2.45, 2.75) is 33.0 Å². The molecule has 0 aliphatic rings. The van der Waals surface area contributed by atoms with Crippen LogP contribution in [0.25, 0.3) is 17.0 Å². The Balaban J connectivity index is 1.33. The van der Waals surface area contributed by atoms with Crippen molar-refractivity contribution in [1.29, 1.82) is 0 Å². The van der Waals surface area contributed by atoms with Gasteiger partial charge >= 0.3 is 17.6 Å². The molecule has 8 nitrogen and oxygen atoms in total. The van der Waals surface area contributed by atoms with E-state index in [4.69, 9.17) is 13.7 Å². The molecular formula is C25H22F3N3O5. The Morgan fingerprint density at radius 3 is 2.42 bits per heavy atom. The number of alkyl halides is 3. The Kier molecular flexibility index (Phi) is 7.00. The van der Waals surface area contributed by atoms with Crippen LogP contribution in [0.3, 0.4) is 0 Å². The summed E-state index contributed by atoms with van der Waals surface area (Å²) in [6.45, 7) is 4.05. The van der Waals surface area contributed by atoms with E-state index in [0.29, 0.717) is 35.8 Å². The largest absolute Gasteiger partial charge is 0.493 e. The third kappa shape index (κ3) is 5.85. The molecule has 11 heteroatoms. The third-order valence-corrected chi connectivity index (χ3v) is 5.46. The van der Waals surface area contributed by atoms with Gasteiger partial charge < -0.3 is 13.7 Å². The molecule has 2 heterocycles. The van der Waals surface area contributed by atoms with Gasteiger partial charge in [0.2, 0.25) is 5.89 Å². The smallest absolute Gasteiger partial charge is 0.440 e. The molecule has 4 aromatic rings. The molecule has 0 atom stereocenters. The van der Waals surface area contributed by atoms with Crippen LogP contribution in [0, 0.1) is 6.92 Å². The quantitative estimate of drug-likeness (QED) is 0.371. The average molecular weight is 501 g/mol. The maximum Gasteiger partial charge on any atom is 0.440 e. The molecule has 2 aromatic heterocycles. The fraction of sp³-hybridized carbons (Fsp3) is 0.240. The third-order valence-electron chi connectivity index (χ3n) is 5.46. The number of nitrogens with zero attached hydrogens (tertiary/aromatic N) is 2. The molecule has 0 bridgehead atoms. The van der Waals surface area contributed by atoms with E-state index in [-0.39, 0.29) is 12.4 Å². The maximum absolute atomic E-state index is 12.8. The number of aryl methyl sites for hydroxylation is 1. The Hall–Kier alpha value is -4.28. The topological polar surface area (TPSA) is 103 Å². The average Bonchev–Trinajstić information content (AvgIpc) is 3.37. The monoisotopic (exact) mass is 501 g/mol. The molecule has 0 amide bonds. The lowest BCUT2D eigenvalue weighted by Crippen LogP contribution is -2.15. The number of ether oxygens (including phenoxy) is 1. The number of rotatable bonds is 8. The molecule has 0 saturated heterocycles. The number of allylic oxidation sites excluding steroid dienone is 2. The van der Waals surface area contributed by atoms with Crippen LogP contribution in [-0.4, -0.2) is 21.3 Å². The number of hydrogen-bond donors (Lipinski definition) is 1. The molecule has 0 aliphatic carbocycles. The minimum Gasteiger partial charge on any atom is -0.493 e. The van der Waals surface area contributed by atoms with Crippen molar-refractivity contribution >= 4 is 5.57 Å². The highest BCUT2D eigenvalue weighted by atomic mass is 19.4. The highest BCUT2D eigenvalue weighted by molar-refractivity contribution is 5.64. The lowest BCUT2D eigenvalue weighted by Gasteiger charge is -2.07. The molecule has 0 unspecified atom stereocenters. The molecule has 36 heavy (non-hydrogen) atoms. The summed E-state index contributed by atoms with van der Waals surface area (Å²) in [6, 6.07) is 12.0. The van der Waals surface area contributed by atoms with Gasteiger partial charge in [0.15, 0.2) is 0 Å². The van der Waals surface area contributed by atoms with Gasteiger partial charge in [0.05, 0.1) is 24.4 Å². The summed E-state index contributed by atoms with van der Waals surface area (Å²) in [7, 11) is 0. The number of oxazole rings is 1. The van der Waals surface area contributed by atoms with Crippen molar-refractivity contribution < 1.29 is 26.8 Å². The van der Waals surface area contributed by atoms with Gasteiger partial charge in [-0.15, -0.1) is 4.74 Å². The molecule has 2 aromatic carbocycles. The molecule has 1 N–H and O–H groups in total. The van der Waals surface area contributed by atoms with E-state index in [0.717, 1.165) is 28.0 Å². The Bertz CT molecular complexity index is 1470. The molecule has 0 aliphatic heterocycles. The van der Waals surface area contributed by atoms with Crippen LogP contribution in [-0.2, 0) is 19.1 Å². The van der Waals surface area contributed by atoms with Crippen LogP contribution in [0.15, 0.2) is 73.1 Å². The van der Waals surface area contributed by atoms with Gasteiger partial charge in [0, 0.05) is 12.0 Å². The van der Waals surface area contributed by atoms with Gasteiger partial charge in [-0.25, -0.2) is 19.6 Å². The number of halogens is 3. The first kappa shape index (κ1) is 24.8. The second-order valence-electron chi connectivity index (χ2n) is 7.98. The van der Waals surface area contributed by atoms with E-state index in [1.54, 1.807) is 25.1 Å². The van der Waals surface area contributed by atoms with Crippen LogP contribution in [0.5, 0.6) is 5.75 Å². The fourth-order valence-corrected chi connectivity index (χ4v) is 3.44. The second kappa shape index (κ2) is 10.1. The Morgan fingerprint density at radius 2 is 1.81 bits per heavy atom. The van der Waals surface area contributed by atoms with Gasteiger partial charge in [-0.1, -0.05) is 18.2 Å². The van der Waals surface area contributed by atoms with Crippen LogP contribution in [0.2, 0.25) is 0 Å². The van der Waals surface area contributed by atoms with Crippen molar-refractivity contribution in [2.75, 3.05) is 6.61 Å². The lowest BCUT2D eigenvalue weighted by atomic mass is 10.1. The van der Waals surface area contributed by atoms with Crippen molar-refractivity contribution in [3.63, 3.8) is 0 Å². The minimum absolute atomic E-state index is 0.118. The van der Waals surface area contributed by atoms with E-state index < -0.39 is 23.2 Å². The van der Waals surface area contributed by atoms with E-state index in [9.17, 15) is 22.8 Å². The predicted molar refractivity (Wildman–Crippen MR) is 125 cm³/mol. The second-order valence-corrected chi connectivity index (χ2v) is 7.98. The van der Waals surface area contributed by atoms with Crippen LogP contribution < -0.4 is 16.2 Å². The molecule has 4 rings (SSSR count). The Morgan fingerprint density at radius 1 is 1.11 bits per heavy atom. The number of nitrogens with one attached hydrogen (secondary N) is 1. The zero-order valence-corrected chi connectivity index (χ0v) is 19.4. The highest BCUT2D eigenvalue weighted by Crippen LogP contribution is 2.31. The first-order chi connectivity index (χ1) is 17.1. The van der Waals surface area contributed by atoms with Gasteiger partial charge in [-0.3, -0.25) is 0 Å². The van der Waals surface area contributed by atoms with Gasteiger partial charge in [0.25, 0.3) is 0 Å². The molecule has 0 spiro atoms. The summed E-state index contributed by atoms with van der Waals surface area (Å²) in [5.41, 5.74) is 1.56. The normalized spacial score (nSPS) is 12.2. The first-order valence-electron chi connectivity index (χ1n) is 10.9. The summed E-state index contributed by atoms with van der Waals surface area (Å²) in [5.74, 6) is 0.665. The van der Waals surface area contributed by atoms with Crippen molar-refractivity contribution in [3.8, 4) is 17.2 Å². The van der Waals surface area contributed by atoms with Gasteiger partial charge in [0.1, 0.15) is 11.5 Å². The Labute approximate surface area is 202 Å². The zero-order chi connectivity index (χ0) is 25.9. The standard InChI is InChI=1S/C25H22F3N3O5/c1-15(11-13-31-23(32)30-24(33)36-31)17-5-9-20(10-6-17)34-14-12-21-16(2)35-22(29-21)18-3-7-19(8-4-18)25(26,27)28/h3-11H,12-14H2,1-2H3,(H,30,32,33)/b15-11+. The number of aromatic amines is 1. The SMILES string of the molecule is C/C(=C\Cn1oc(=O)[nH]c1=O)c1ccc(OCCc2nc(-c3ccc(C(F)(F)F)cc3)oc2C)cc1. The fourth-order valence-electron chi connectivity index (χ4n) is 3.44. The summed E-state index contributed by atoms with van der Waals surface area (Å²) in [4.78, 5) is 29.0. The van der Waals surface area contributed by atoms with Crippen molar-refractivity contribution in [3.05, 3.63) is 98.2 Å². The summed E-state index contributed by atoms with van der Waals surface area (Å²) >= 11 is 0. The molecular weight excluding hydrogens is 479 g/mol. The predicted octanol–water partition coefficient (Wildman–Crippen LogP) is 4.84. The van der Waals surface area contributed by atoms with Crippen LogP contribution >= 0.6 is 0 Å². The van der Waals surface area contributed by atoms with E-state index in [2.05, 4.69) is 4.98 Å². The summed E-state index contributed by atoms with van der Waals surface area (Å²) < 4.78 is 55.4. The number of H-pyrrole nitrogens is 1. The summed E-state index contributed by atoms with van der Waals surface area (Å²) in [5, 5.41) is 0. The first-order valence-corrected chi connectivity index (χ1v) is 10.9. The molecule has 0 fully saturated rings. The molecule has 188 valence electrons. The number of benzene rings is 2. The van der Waals surface area contributed by atoms with Crippen molar-refractivity contribution in [1.82, 2.24) is 14.7 Å².